The average molecular weight is 267 g/mol. The SMILES string of the molecule is Cc1noc(C)c1C(C)Nc1cc(F)cc(F)c1N. The second kappa shape index (κ2) is 4.87. The quantitative estimate of drug-likeness (QED) is 0.837. The number of anilines is 2. The van der Waals surface area contributed by atoms with Gasteiger partial charge in [0.2, 0.25) is 0 Å². The first-order chi connectivity index (χ1) is 8.90. The van der Waals surface area contributed by atoms with Gasteiger partial charge in [-0.2, -0.15) is 0 Å². The fraction of sp³-hybridized carbons (Fsp3) is 0.308. The summed E-state index contributed by atoms with van der Waals surface area (Å²) in [6.45, 7) is 5.43. The summed E-state index contributed by atoms with van der Waals surface area (Å²) < 4.78 is 31.6. The van der Waals surface area contributed by atoms with E-state index in [0.29, 0.717) is 5.76 Å². The van der Waals surface area contributed by atoms with Crippen molar-refractivity contribution in [2.24, 2.45) is 0 Å². The number of benzene rings is 1. The van der Waals surface area contributed by atoms with Crippen LogP contribution < -0.4 is 11.1 Å². The molecule has 0 saturated heterocycles. The van der Waals surface area contributed by atoms with Crippen LogP contribution in [0.15, 0.2) is 16.7 Å². The van der Waals surface area contributed by atoms with Crippen LogP contribution in [0.2, 0.25) is 0 Å². The number of halogens is 2. The van der Waals surface area contributed by atoms with Crippen molar-refractivity contribution < 1.29 is 13.3 Å². The Morgan fingerprint density at radius 3 is 2.58 bits per heavy atom. The van der Waals surface area contributed by atoms with Gasteiger partial charge in [-0.3, -0.25) is 0 Å². The summed E-state index contributed by atoms with van der Waals surface area (Å²) in [5.41, 5.74) is 7.27. The summed E-state index contributed by atoms with van der Waals surface area (Å²) in [6, 6.07) is 1.68. The van der Waals surface area contributed by atoms with Crippen molar-refractivity contribution in [2.45, 2.75) is 26.8 Å². The van der Waals surface area contributed by atoms with Crippen molar-refractivity contribution in [3.63, 3.8) is 0 Å². The summed E-state index contributed by atoms with van der Waals surface area (Å²) in [5.74, 6) is -0.804. The highest BCUT2D eigenvalue weighted by atomic mass is 19.1. The Balaban J connectivity index is 2.32. The van der Waals surface area contributed by atoms with Gasteiger partial charge in [-0.25, -0.2) is 8.78 Å². The molecule has 1 aromatic carbocycles. The molecule has 0 aliphatic carbocycles. The van der Waals surface area contributed by atoms with Gasteiger partial charge >= 0.3 is 0 Å². The molecule has 2 aromatic rings. The predicted molar refractivity (Wildman–Crippen MR) is 68.8 cm³/mol. The molecule has 102 valence electrons. The van der Waals surface area contributed by atoms with Gasteiger partial charge in [-0.05, 0) is 26.8 Å². The number of aryl methyl sites for hydroxylation is 2. The van der Waals surface area contributed by atoms with Crippen LogP contribution in [0.25, 0.3) is 0 Å². The van der Waals surface area contributed by atoms with Crippen LogP contribution in [0.4, 0.5) is 20.2 Å². The Labute approximate surface area is 109 Å². The van der Waals surface area contributed by atoms with E-state index in [1.54, 1.807) is 13.8 Å². The van der Waals surface area contributed by atoms with E-state index in [1.807, 2.05) is 6.92 Å². The Morgan fingerprint density at radius 2 is 2.00 bits per heavy atom. The van der Waals surface area contributed by atoms with E-state index in [0.717, 1.165) is 23.4 Å². The summed E-state index contributed by atoms with van der Waals surface area (Å²) in [6.07, 6.45) is 0. The van der Waals surface area contributed by atoms with E-state index < -0.39 is 11.6 Å². The van der Waals surface area contributed by atoms with Crippen LogP contribution >= 0.6 is 0 Å². The fourth-order valence-electron chi connectivity index (χ4n) is 2.12. The molecule has 6 heteroatoms. The smallest absolute Gasteiger partial charge is 0.151 e. The van der Waals surface area contributed by atoms with Gasteiger partial charge < -0.3 is 15.6 Å². The van der Waals surface area contributed by atoms with E-state index in [4.69, 9.17) is 10.3 Å². The summed E-state index contributed by atoms with van der Waals surface area (Å²) in [5, 5.41) is 6.81. The third kappa shape index (κ3) is 2.52. The lowest BCUT2D eigenvalue weighted by Gasteiger charge is -2.17. The van der Waals surface area contributed by atoms with Crippen molar-refractivity contribution >= 4 is 11.4 Å². The van der Waals surface area contributed by atoms with Gasteiger partial charge in [-0.1, -0.05) is 5.16 Å². The number of nitrogens with zero attached hydrogens (tertiary/aromatic N) is 1. The normalized spacial score (nSPS) is 12.5. The standard InChI is InChI=1S/C13H15F2N3O/c1-6(12-7(2)18-19-8(12)3)17-11-5-9(14)4-10(15)13(11)16/h4-6,17H,16H2,1-3H3. The molecule has 1 unspecified atom stereocenters. The molecule has 4 nitrogen and oxygen atoms in total. The zero-order valence-corrected chi connectivity index (χ0v) is 10.9. The highest BCUT2D eigenvalue weighted by Gasteiger charge is 2.18. The molecular weight excluding hydrogens is 252 g/mol. The zero-order valence-electron chi connectivity index (χ0n) is 10.9. The largest absolute Gasteiger partial charge is 0.395 e. The van der Waals surface area contributed by atoms with Crippen LogP contribution in [0.5, 0.6) is 0 Å². The molecule has 0 amide bonds. The lowest BCUT2D eigenvalue weighted by molar-refractivity contribution is 0.392. The van der Waals surface area contributed by atoms with Crippen LogP contribution in [0.3, 0.4) is 0 Å². The first-order valence-electron chi connectivity index (χ1n) is 5.84. The molecule has 0 fully saturated rings. The number of hydrogen-bond acceptors (Lipinski definition) is 4. The Morgan fingerprint density at radius 1 is 1.32 bits per heavy atom. The molecule has 3 N–H and O–H groups in total. The molecule has 0 aliphatic rings. The number of rotatable bonds is 3. The molecule has 1 aromatic heterocycles. The number of nitrogens with two attached hydrogens (primary N) is 1. The van der Waals surface area contributed by atoms with Crippen LogP contribution in [0, 0.1) is 25.5 Å². The second-order valence-corrected chi connectivity index (χ2v) is 4.45. The first kappa shape index (κ1) is 13.3. The molecular formula is C13H15F2N3O. The molecule has 0 radical (unpaired) electrons. The first-order valence-corrected chi connectivity index (χ1v) is 5.84. The fourth-order valence-corrected chi connectivity index (χ4v) is 2.12. The lowest BCUT2D eigenvalue weighted by atomic mass is 10.1. The van der Waals surface area contributed by atoms with Crippen molar-refractivity contribution in [1.82, 2.24) is 5.16 Å². The second-order valence-electron chi connectivity index (χ2n) is 4.45. The molecule has 0 saturated carbocycles. The maximum absolute atomic E-state index is 13.4. The molecule has 19 heavy (non-hydrogen) atoms. The molecule has 1 heterocycles. The van der Waals surface area contributed by atoms with E-state index in [2.05, 4.69) is 10.5 Å². The van der Waals surface area contributed by atoms with Gasteiger partial charge in [0.1, 0.15) is 11.6 Å². The van der Waals surface area contributed by atoms with Crippen LogP contribution in [-0.4, -0.2) is 5.16 Å². The van der Waals surface area contributed by atoms with Crippen molar-refractivity contribution in [1.29, 1.82) is 0 Å². The summed E-state index contributed by atoms with van der Waals surface area (Å²) >= 11 is 0. The number of hydrogen-bond donors (Lipinski definition) is 2. The maximum Gasteiger partial charge on any atom is 0.151 e. The summed E-state index contributed by atoms with van der Waals surface area (Å²) in [7, 11) is 0. The average Bonchev–Trinajstić information content (AvgIpc) is 2.65. The minimum Gasteiger partial charge on any atom is -0.395 e. The van der Waals surface area contributed by atoms with E-state index in [9.17, 15) is 8.78 Å². The Hall–Kier alpha value is -2.11. The lowest BCUT2D eigenvalue weighted by Crippen LogP contribution is -2.11. The van der Waals surface area contributed by atoms with Crippen LogP contribution in [-0.2, 0) is 0 Å². The summed E-state index contributed by atoms with van der Waals surface area (Å²) in [4.78, 5) is 0. The molecule has 2 rings (SSSR count). The highest BCUT2D eigenvalue weighted by molar-refractivity contribution is 5.67. The van der Waals surface area contributed by atoms with Gasteiger partial charge in [0.25, 0.3) is 0 Å². The topological polar surface area (TPSA) is 64.1 Å². The van der Waals surface area contributed by atoms with Crippen molar-refractivity contribution in [2.75, 3.05) is 11.1 Å². The monoisotopic (exact) mass is 267 g/mol. The van der Waals surface area contributed by atoms with E-state index in [-0.39, 0.29) is 17.4 Å². The molecule has 0 bridgehead atoms. The van der Waals surface area contributed by atoms with Gasteiger partial charge in [0.15, 0.2) is 5.82 Å². The van der Waals surface area contributed by atoms with E-state index in [1.165, 1.54) is 0 Å². The van der Waals surface area contributed by atoms with Gasteiger partial charge in [0, 0.05) is 11.6 Å². The Bertz CT molecular complexity index is 591. The maximum atomic E-state index is 13.4. The molecule has 0 spiro atoms. The van der Waals surface area contributed by atoms with Gasteiger partial charge in [-0.15, -0.1) is 0 Å². The zero-order chi connectivity index (χ0) is 14.2. The third-order valence-electron chi connectivity index (χ3n) is 2.99. The van der Waals surface area contributed by atoms with Crippen molar-refractivity contribution in [3.05, 3.63) is 40.8 Å². The minimum atomic E-state index is -0.784. The number of nitrogens with one attached hydrogen (secondary N) is 1. The number of nitrogen functional groups attached to an aromatic ring is 1. The molecule has 1 atom stereocenters. The number of aromatic nitrogens is 1. The molecule has 0 aliphatic heterocycles. The van der Waals surface area contributed by atoms with Crippen LogP contribution in [0.1, 0.15) is 30.0 Å². The van der Waals surface area contributed by atoms with Crippen molar-refractivity contribution in [3.8, 4) is 0 Å². The Kier molecular flexibility index (Phi) is 3.42. The highest BCUT2D eigenvalue weighted by Crippen LogP contribution is 2.29. The van der Waals surface area contributed by atoms with E-state index >= 15 is 0 Å². The minimum absolute atomic E-state index is 0.111. The van der Waals surface area contributed by atoms with Gasteiger partial charge in [0.05, 0.1) is 23.1 Å². The third-order valence-corrected chi connectivity index (χ3v) is 2.99. The predicted octanol–water partition coefficient (Wildman–Crippen LogP) is 3.32.